The number of aromatic nitrogens is 2. The van der Waals surface area contributed by atoms with Crippen LogP contribution in [-0.4, -0.2) is 9.97 Å². The second-order valence-electron chi connectivity index (χ2n) is 3.93. The number of aromatic amines is 1. The summed E-state index contributed by atoms with van der Waals surface area (Å²) in [6.45, 7) is 0. The highest BCUT2D eigenvalue weighted by Gasteiger charge is 2.14. The zero-order valence-electron chi connectivity index (χ0n) is 9.24. The fraction of sp³-hybridized carbons (Fsp3) is 0. The summed E-state index contributed by atoms with van der Waals surface area (Å²) < 4.78 is 13.8. The van der Waals surface area contributed by atoms with E-state index in [-0.39, 0.29) is 5.56 Å². The van der Waals surface area contributed by atoms with Gasteiger partial charge < -0.3 is 10.7 Å². The molecular formula is C13H9ClFN3. The first-order valence-electron chi connectivity index (χ1n) is 5.35. The monoisotopic (exact) mass is 261 g/mol. The van der Waals surface area contributed by atoms with Crippen molar-refractivity contribution in [3.8, 4) is 11.4 Å². The number of nitrogen functional groups attached to an aromatic ring is 1. The number of hydrogen-bond donors (Lipinski definition) is 2. The van der Waals surface area contributed by atoms with Gasteiger partial charge in [-0.25, -0.2) is 9.37 Å². The normalized spacial score (nSPS) is 11.0. The van der Waals surface area contributed by atoms with Crippen molar-refractivity contribution in [3.05, 3.63) is 47.2 Å². The van der Waals surface area contributed by atoms with Crippen LogP contribution in [0, 0.1) is 5.82 Å². The summed E-state index contributed by atoms with van der Waals surface area (Å²) in [5.41, 5.74) is 7.75. The molecule has 3 N–H and O–H groups in total. The van der Waals surface area contributed by atoms with Crippen LogP contribution in [0.1, 0.15) is 0 Å². The molecule has 0 atom stereocenters. The van der Waals surface area contributed by atoms with E-state index in [2.05, 4.69) is 9.97 Å². The van der Waals surface area contributed by atoms with Gasteiger partial charge in [-0.3, -0.25) is 0 Å². The van der Waals surface area contributed by atoms with Gasteiger partial charge in [-0.15, -0.1) is 0 Å². The van der Waals surface area contributed by atoms with Gasteiger partial charge in [-0.2, -0.15) is 0 Å². The number of nitrogens with one attached hydrogen (secondary N) is 1. The van der Waals surface area contributed by atoms with Crippen LogP contribution in [0.5, 0.6) is 0 Å². The van der Waals surface area contributed by atoms with Crippen molar-refractivity contribution >= 4 is 28.3 Å². The van der Waals surface area contributed by atoms with Crippen LogP contribution in [-0.2, 0) is 0 Å². The molecular weight excluding hydrogens is 253 g/mol. The summed E-state index contributed by atoms with van der Waals surface area (Å²) in [6.07, 6.45) is 0. The molecule has 3 nitrogen and oxygen atoms in total. The van der Waals surface area contributed by atoms with Gasteiger partial charge in [0.1, 0.15) is 17.2 Å². The lowest BCUT2D eigenvalue weighted by Gasteiger charge is -2.02. The minimum atomic E-state index is -0.412. The lowest BCUT2D eigenvalue weighted by Crippen LogP contribution is -1.94. The first-order chi connectivity index (χ1) is 8.66. The number of rotatable bonds is 1. The van der Waals surface area contributed by atoms with Crippen LogP contribution in [0.4, 0.5) is 10.1 Å². The SMILES string of the molecule is Nc1cccc(F)c1-c1nc2c(Cl)cccc2[nH]1. The van der Waals surface area contributed by atoms with E-state index in [1.807, 2.05) is 6.07 Å². The number of anilines is 1. The highest BCUT2D eigenvalue weighted by Crippen LogP contribution is 2.30. The van der Waals surface area contributed by atoms with Crippen LogP contribution >= 0.6 is 11.6 Å². The van der Waals surface area contributed by atoms with Crippen molar-refractivity contribution in [3.63, 3.8) is 0 Å². The molecule has 0 amide bonds. The Labute approximate surface area is 107 Å². The van der Waals surface area contributed by atoms with Gasteiger partial charge in [-0.1, -0.05) is 23.7 Å². The number of benzene rings is 2. The van der Waals surface area contributed by atoms with E-state index < -0.39 is 5.82 Å². The molecule has 0 unspecified atom stereocenters. The predicted octanol–water partition coefficient (Wildman–Crippen LogP) is 3.60. The van der Waals surface area contributed by atoms with E-state index in [4.69, 9.17) is 17.3 Å². The number of hydrogen-bond acceptors (Lipinski definition) is 2. The fourth-order valence-electron chi connectivity index (χ4n) is 1.91. The molecule has 1 heterocycles. The highest BCUT2D eigenvalue weighted by atomic mass is 35.5. The Bertz CT molecular complexity index is 716. The molecule has 3 aromatic rings. The minimum absolute atomic E-state index is 0.268. The molecule has 0 radical (unpaired) electrons. The fourth-order valence-corrected chi connectivity index (χ4v) is 2.12. The van der Waals surface area contributed by atoms with Crippen molar-refractivity contribution in [2.75, 3.05) is 5.73 Å². The van der Waals surface area contributed by atoms with Gasteiger partial charge in [0.2, 0.25) is 0 Å². The van der Waals surface area contributed by atoms with Crippen molar-refractivity contribution in [1.82, 2.24) is 9.97 Å². The van der Waals surface area contributed by atoms with E-state index in [9.17, 15) is 4.39 Å². The van der Waals surface area contributed by atoms with E-state index in [1.54, 1.807) is 24.3 Å². The summed E-state index contributed by atoms with van der Waals surface area (Å²) in [6, 6.07) is 9.91. The van der Waals surface area contributed by atoms with Crippen LogP contribution in [0.3, 0.4) is 0 Å². The Morgan fingerprint density at radius 3 is 2.67 bits per heavy atom. The molecule has 0 aliphatic carbocycles. The number of nitrogens with two attached hydrogens (primary N) is 1. The summed E-state index contributed by atoms with van der Waals surface area (Å²) >= 11 is 6.03. The molecule has 0 saturated heterocycles. The average Bonchev–Trinajstić information content (AvgIpc) is 2.74. The molecule has 0 saturated carbocycles. The Morgan fingerprint density at radius 1 is 1.17 bits per heavy atom. The first-order valence-corrected chi connectivity index (χ1v) is 5.73. The highest BCUT2D eigenvalue weighted by molar-refractivity contribution is 6.35. The van der Waals surface area contributed by atoms with Crippen LogP contribution in [0.25, 0.3) is 22.4 Å². The van der Waals surface area contributed by atoms with Crippen molar-refractivity contribution < 1.29 is 4.39 Å². The van der Waals surface area contributed by atoms with Gasteiger partial charge in [0, 0.05) is 5.69 Å². The third kappa shape index (κ3) is 1.62. The topological polar surface area (TPSA) is 54.7 Å². The zero-order chi connectivity index (χ0) is 12.7. The quantitative estimate of drug-likeness (QED) is 0.658. The van der Waals surface area contributed by atoms with Gasteiger partial charge in [-0.05, 0) is 24.3 Å². The summed E-state index contributed by atoms with van der Waals surface area (Å²) in [5, 5.41) is 0.518. The van der Waals surface area contributed by atoms with Crippen LogP contribution in [0.2, 0.25) is 5.02 Å². The standard InChI is InChI=1S/C13H9ClFN3/c14-7-3-1-6-10-12(7)18-13(17-10)11-8(15)4-2-5-9(11)16/h1-6H,16H2,(H,17,18). The predicted molar refractivity (Wildman–Crippen MR) is 70.9 cm³/mol. The number of halogens is 2. The van der Waals surface area contributed by atoms with Crippen molar-refractivity contribution in [1.29, 1.82) is 0 Å². The zero-order valence-corrected chi connectivity index (χ0v) is 10.0. The van der Waals surface area contributed by atoms with Gasteiger partial charge >= 0.3 is 0 Å². The molecule has 0 aliphatic heterocycles. The molecule has 0 fully saturated rings. The summed E-state index contributed by atoms with van der Waals surface area (Å²) in [4.78, 5) is 7.32. The summed E-state index contributed by atoms with van der Waals surface area (Å²) in [7, 11) is 0. The number of para-hydroxylation sites is 1. The molecule has 18 heavy (non-hydrogen) atoms. The Balaban J connectivity index is 2.30. The largest absolute Gasteiger partial charge is 0.398 e. The third-order valence-electron chi connectivity index (χ3n) is 2.75. The molecule has 0 spiro atoms. The van der Waals surface area contributed by atoms with E-state index in [0.29, 0.717) is 22.1 Å². The first kappa shape index (κ1) is 11.0. The average molecular weight is 262 g/mol. The lowest BCUT2D eigenvalue weighted by atomic mass is 10.1. The molecule has 0 bridgehead atoms. The third-order valence-corrected chi connectivity index (χ3v) is 3.05. The maximum atomic E-state index is 13.8. The van der Waals surface area contributed by atoms with Crippen molar-refractivity contribution in [2.45, 2.75) is 0 Å². The Morgan fingerprint density at radius 2 is 1.94 bits per heavy atom. The summed E-state index contributed by atoms with van der Waals surface area (Å²) in [5.74, 6) is -0.0288. The molecule has 5 heteroatoms. The number of nitrogens with zero attached hydrogens (tertiary/aromatic N) is 1. The van der Waals surface area contributed by atoms with Gasteiger partial charge in [0.05, 0.1) is 16.1 Å². The van der Waals surface area contributed by atoms with E-state index in [1.165, 1.54) is 6.07 Å². The van der Waals surface area contributed by atoms with Crippen molar-refractivity contribution in [2.24, 2.45) is 0 Å². The van der Waals surface area contributed by atoms with E-state index in [0.717, 1.165) is 5.52 Å². The van der Waals surface area contributed by atoms with E-state index >= 15 is 0 Å². The second-order valence-corrected chi connectivity index (χ2v) is 4.33. The number of fused-ring (bicyclic) bond motifs is 1. The molecule has 0 aliphatic rings. The number of H-pyrrole nitrogens is 1. The van der Waals surface area contributed by atoms with Crippen LogP contribution < -0.4 is 5.73 Å². The lowest BCUT2D eigenvalue weighted by molar-refractivity contribution is 0.631. The molecule has 2 aromatic carbocycles. The molecule has 1 aromatic heterocycles. The Kier molecular flexibility index (Phi) is 2.45. The van der Waals surface area contributed by atoms with Gasteiger partial charge in [0.15, 0.2) is 0 Å². The maximum absolute atomic E-state index is 13.8. The Hall–Kier alpha value is -2.07. The minimum Gasteiger partial charge on any atom is -0.398 e. The second kappa shape index (κ2) is 3.99. The van der Waals surface area contributed by atoms with Crippen LogP contribution in [0.15, 0.2) is 36.4 Å². The maximum Gasteiger partial charge on any atom is 0.143 e. The molecule has 90 valence electrons. The smallest absolute Gasteiger partial charge is 0.143 e. The number of imidazole rings is 1. The van der Waals surface area contributed by atoms with Gasteiger partial charge in [0.25, 0.3) is 0 Å². The molecule has 3 rings (SSSR count).